The summed E-state index contributed by atoms with van der Waals surface area (Å²) >= 11 is 2.69. The van der Waals surface area contributed by atoms with Gasteiger partial charge in [-0.15, -0.1) is 16.4 Å². The van der Waals surface area contributed by atoms with E-state index >= 15 is 0 Å². The molecule has 0 aliphatic carbocycles. The molecule has 0 unspecified atom stereocenters. The molecule has 7 nitrogen and oxygen atoms in total. The minimum atomic E-state index is -0.143. The van der Waals surface area contributed by atoms with Crippen LogP contribution in [0.1, 0.15) is 22.5 Å². The Kier molecular flexibility index (Phi) is 5.33. The van der Waals surface area contributed by atoms with E-state index in [1.54, 1.807) is 4.52 Å². The summed E-state index contributed by atoms with van der Waals surface area (Å²) in [5.74, 6) is 0.604. The number of nitrogens with zero attached hydrogens (tertiary/aromatic N) is 5. The maximum absolute atomic E-state index is 12.3. The Morgan fingerprint density at radius 1 is 1.10 bits per heavy atom. The molecule has 148 valence electrons. The van der Waals surface area contributed by atoms with Crippen LogP contribution >= 0.6 is 23.1 Å². The summed E-state index contributed by atoms with van der Waals surface area (Å²) in [5, 5.41) is 10.3. The minimum absolute atomic E-state index is 0.143. The van der Waals surface area contributed by atoms with E-state index < -0.39 is 0 Å². The molecule has 0 radical (unpaired) electrons. The number of hydrogen-bond donors (Lipinski definition) is 1. The Morgan fingerprint density at radius 3 is 2.72 bits per heavy atom. The number of rotatable bonds is 5. The molecule has 1 aromatic carbocycles. The molecule has 1 N–H and O–H groups in total. The van der Waals surface area contributed by atoms with Crippen molar-refractivity contribution in [3.63, 3.8) is 0 Å². The molecule has 4 rings (SSSR count). The number of aryl methyl sites for hydroxylation is 4. The molecule has 3 heterocycles. The molecule has 0 spiro atoms. The van der Waals surface area contributed by atoms with Crippen LogP contribution in [0.5, 0.6) is 0 Å². The molecule has 0 bridgehead atoms. The van der Waals surface area contributed by atoms with Gasteiger partial charge in [-0.2, -0.15) is 4.98 Å². The predicted octanol–water partition coefficient (Wildman–Crippen LogP) is 4.21. The highest BCUT2D eigenvalue weighted by molar-refractivity contribution is 7.99. The lowest BCUT2D eigenvalue weighted by Crippen LogP contribution is -2.13. The largest absolute Gasteiger partial charge is 0.301 e. The zero-order valence-corrected chi connectivity index (χ0v) is 18.2. The van der Waals surface area contributed by atoms with Crippen LogP contribution in [0.2, 0.25) is 0 Å². The van der Waals surface area contributed by atoms with Crippen LogP contribution in [-0.4, -0.2) is 36.2 Å². The fourth-order valence-corrected chi connectivity index (χ4v) is 4.21. The fourth-order valence-electron chi connectivity index (χ4n) is 2.86. The predicted molar refractivity (Wildman–Crippen MR) is 117 cm³/mol. The van der Waals surface area contributed by atoms with Crippen molar-refractivity contribution in [2.24, 2.45) is 0 Å². The van der Waals surface area contributed by atoms with Crippen molar-refractivity contribution in [2.45, 2.75) is 32.9 Å². The van der Waals surface area contributed by atoms with Crippen molar-refractivity contribution in [1.29, 1.82) is 0 Å². The highest BCUT2D eigenvalue weighted by Crippen LogP contribution is 2.26. The van der Waals surface area contributed by atoms with Gasteiger partial charge < -0.3 is 5.32 Å². The van der Waals surface area contributed by atoms with E-state index in [2.05, 4.69) is 51.3 Å². The number of anilines is 1. The number of benzene rings is 1. The molecule has 1 amide bonds. The summed E-state index contributed by atoms with van der Waals surface area (Å²) in [4.78, 5) is 25.6. The number of thioether (sulfide) groups is 1. The normalized spacial score (nSPS) is 11.2. The highest BCUT2D eigenvalue weighted by atomic mass is 32.2. The third-order valence-corrected chi connectivity index (χ3v) is 6.08. The van der Waals surface area contributed by atoms with Gasteiger partial charge in [-0.3, -0.25) is 4.79 Å². The summed E-state index contributed by atoms with van der Waals surface area (Å²) in [6.45, 7) is 8.03. The molecule has 9 heteroatoms. The van der Waals surface area contributed by atoms with E-state index in [1.807, 2.05) is 31.4 Å². The number of aromatic nitrogens is 5. The van der Waals surface area contributed by atoms with Gasteiger partial charge in [-0.05, 0) is 51.0 Å². The highest BCUT2D eigenvalue weighted by Gasteiger charge is 2.12. The van der Waals surface area contributed by atoms with E-state index in [0.29, 0.717) is 16.1 Å². The number of hydrogen-bond acceptors (Lipinski definition) is 7. The maximum atomic E-state index is 12.3. The van der Waals surface area contributed by atoms with E-state index in [1.165, 1.54) is 34.2 Å². The Morgan fingerprint density at radius 2 is 1.93 bits per heavy atom. The number of carbonyl (C=O) groups is 1. The number of carbonyl (C=O) groups excluding carboxylic acids is 1. The van der Waals surface area contributed by atoms with Gasteiger partial charge in [0.25, 0.3) is 5.78 Å². The van der Waals surface area contributed by atoms with Crippen LogP contribution in [0.3, 0.4) is 0 Å². The topological polar surface area (TPSA) is 85.1 Å². The van der Waals surface area contributed by atoms with Crippen molar-refractivity contribution in [3.8, 4) is 11.3 Å². The van der Waals surface area contributed by atoms with Gasteiger partial charge in [0.15, 0.2) is 5.13 Å². The van der Waals surface area contributed by atoms with Crippen molar-refractivity contribution in [2.75, 3.05) is 11.1 Å². The van der Waals surface area contributed by atoms with Gasteiger partial charge in [0.05, 0.1) is 11.4 Å². The third-order valence-electron chi connectivity index (χ3n) is 4.48. The van der Waals surface area contributed by atoms with Crippen molar-refractivity contribution < 1.29 is 4.79 Å². The van der Waals surface area contributed by atoms with Gasteiger partial charge in [0.1, 0.15) is 0 Å². The third kappa shape index (κ3) is 4.30. The van der Waals surface area contributed by atoms with Gasteiger partial charge >= 0.3 is 0 Å². The van der Waals surface area contributed by atoms with E-state index in [-0.39, 0.29) is 11.7 Å². The first-order valence-electron chi connectivity index (χ1n) is 9.06. The Hall–Kier alpha value is -2.78. The summed E-state index contributed by atoms with van der Waals surface area (Å²) in [7, 11) is 0. The molecule has 4 aromatic rings. The first kappa shape index (κ1) is 19.5. The van der Waals surface area contributed by atoms with Crippen molar-refractivity contribution in [1.82, 2.24) is 24.6 Å². The van der Waals surface area contributed by atoms with Gasteiger partial charge in [0.2, 0.25) is 11.1 Å². The van der Waals surface area contributed by atoms with E-state index in [4.69, 9.17) is 0 Å². The zero-order chi connectivity index (χ0) is 20.5. The molecule has 29 heavy (non-hydrogen) atoms. The zero-order valence-electron chi connectivity index (χ0n) is 16.6. The first-order chi connectivity index (χ1) is 13.9. The molecular weight excluding hydrogens is 404 g/mol. The summed E-state index contributed by atoms with van der Waals surface area (Å²) < 4.78 is 1.68. The van der Waals surface area contributed by atoms with Gasteiger partial charge in [-0.25, -0.2) is 14.5 Å². The van der Waals surface area contributed by atoms with Crippen LogP contribution in [-0.2, 0) is 4.79 Å². The lowest BCUT2D eigenvalue weighted by molar-refractivity contribution is -0.113. The monoisotopic (exact) mass is 424 g/mol. The fraction of sp³-hybridized carbons (Fsp3) is 0.250. The second-order valence-corrected chi connectivity index (χ2v) is 8.62. The number of nitrogens with one attached hydrogen (secondary N) is 1. The van der Waals surface area contributed by atoms with Crippen molar-refractivity contribution in [3.05, 3.63) is 52.2 Å². The average molecular weight is 425 g/mol. The van der Waals surface area contributed by atoms with E-state index in [0.717, 1.165) is 22.6 Å². The molecule has 0 aliphatic rings. The molecule has 0 saturated carbocycles. The van der Waals surface area contributed by atoms with Crippen molar-refractivity contribution >= 4 is 39.9 Å². The van der Waals surface area contributed by atoms with Crippen LogP contribution in [0.4, 0.5) is 5.13 Å². The Bertz CT molecular complexity index is 1210. The minimum Gasteiger partial charge on any atom is -0.301 e. The number of amides is 1. The van der Waals surface area contributed by atoms with Crippen LogP contribution < -0.4 is 5.32 Å². The molecule has 0 saturated heterocycles. The first-order valence-corrected chi connectivity index (χ1v) is 10.9. The number of fused-ring (bicyclic) bond motifs is 1. The molecule has 0 fully saturated rings. The lowest BCUT2D eigenvalue weighted by Gasteiger charge is -2.02. The lowest BCUT2D eigenvalue weighted by atomic mass is 10.1. The summed E-state index contributed by atoms with van der Waals surface area (Å²) in [6.07, 6.45) is 0. The van der Waals surface area contributed by atoms with Gasteiger partial charge in [-0.1, -0.05) is 23.9 Å². The number of thiazole rings is 1. The maximum Gasteiger partial charge on any atom is 0.253 e. The van der Waals surface area contributed by atoms with Crippen LogP contribution in [0, 0.1) is 27.7 Å². The molecule has 0 aliphatic heterocycles. The van der Waals surface area contributed by atoms with Gasteiger partial charge in [0, 0.05) is 22.3 Å². The molecule has 0 atom stereocenters. The van der Waals surface area contributed by atoms with Crippen LogP contribution in [0.25, 0.3) is 17.0 Å². The standard InChI is InChI=1S/C20H20N6OS2/c1-11-5-6-15(7-12(11)2)16-9-28-19(22-16)23-17(27)10-29-20-24-18-21-13(3)8-14(4)26(18)25-20/h5-9H,10H2,1-4H3,(H,22,23,27). The Balaban J connectivity index is 1.39. The SMILES string of the molecule is Cc1cc(C)n2nc(SCC(=O)Nc3nc(-c4ccc(C)c(C)c4)cs3)nc2n1. The second-order valence-electron chi connectivity index (χ2n) is 6.82. The summed E-state index contributed by atoms with van der Waals surface area (Å²) in [6, 6.07) is 8.18. The smallest absolute Gasteiger partial charge is 0.253 e. The van der Waals surface area contributed by atoms with E-state index in [9.17, 15) is 4.79 Å². The summed E-state index contributed by atoms with van der Waals surface area (Å²) in [5.41, 5.74) is 6.22. The molecule has 3 aromatic heterocycles. The molecular formula is C20H20N6OS2. The Labute approximate surface area is 176 Å². The van der Waals surface area contributed by atoms with Crippen LogP contribution in [0.15, 0.2) is 34.8 Å². The second kappa shape index (κ2) is 7.92. The average Bonchev–Trinajstić information content (AvgIpc) is 3.29. The quantitative estimate of drug-likeness (QED) is 0.483.